The van der Waals surface area contributed by atoms with Crippen molar-refractivity contribution in [2.45, 2.75) is 6.04 Å². The Bertz CT molecular complexity index is 1050. The molecule has 0 saturated heterocycles. The first kappa shape index (κ1) is 16.3. The van der Waals surface area contributed by atoms with Crippen LogP contribution in [0.1, 0.15) is 22.1 Å². The summed E-state index contributed by atoms with van der Waals surface area (Å²) >= 11 is 0. The summed E-state index contributed by atoms with van der Waals surface area (Å²) in [5, 5.41) is 16.7. The molecule has 0 radical (unpaired) electrons. The zero-order chi connectivity index (χ0) is 18.0. The molecule has 0 spiro atoms. The zero-order valence-corrected chi connectivity index (χ0v) is 13.2. The van der Waals surface area contributed by atoms with Crippen molar-refractivity contribution in [3.63, 3.8) is 0 Å². The molecule has 0 fully saturated rings. The van der Waals surface area contributed by atoms with E-state index in [4.69, 9.17) is 0 Å². The van der Waals surface area contributed by atoms with E-state index in [0.29, 0.717) is 16.3 Å². The number of hydrogen-bond donors (Lipinski definition) is 1. The fourth-order valence-electron chi connectivity index (χ4n) is 2.51. The lowest BCUT2D eigenvalue weighted by Crippen LogP contribution is -2.31. The molecule has 1 aromatic heterocycles. The number of benzene rings is 2. The molecule has 2 aromatic carbocycles. The first-order valence-corrected chi connectivity index (χ1v) is 7.43. The number of nitriles is 1. The molecule has 3 rings (SSSR count). The molecule has 1 N–H and O–H groups in total. The van der Waals surface area contributed by atoms with Gasteiger partial charge in [0.05, 0.1) is 11.5 Å². The van der Waals surface area contributed by atoms with E-state index >= 15 is 0 Å². The molecule has 0 saturated carbocycles. The lowest BCUT2D eigenvalue weighted by Gasteiger charge is -2.13. The molecule has 6 nitrogen and oxygen atoms in total. The Balaban J connectivity index is 2.00. The number of carbonyl (C=O) groups excluding carboxylic acids is 1. The van der Waals surface area contributed by atoms with Crippen molar-refractivity contribution in [3.8, 4) is 6.07 Å². The van der Waals surface area contributed by atoms with Gasteiger partial charge in [-0.2, -0.15) is 10.4 Å². The fourth-order valence-corrected chi connectivity index (χ4v) is 2.51. The number of aryl methyl sites for hydroxylation is 1. The molecule has 0 aliphatic heterocycles. The molecular weight excluding hydrogens is 323 g/mol. The van der Waals surface area contributed by atoms with E-state index in [-0.39, 0.29) is 11.3 Å². The number of nitrogens with one attached hydrogen (secondary N) is 1. The summed E-state index contributed by atoms with van der Waals surface area (Å²) < 4.78 is 14.1. The average Bonchev–Trinajstić information content (AvgIpc) is 2.63. The van der Waals surface area contributed by atoms with Crippen LogP contribution in [0.25, 0.3) is 10.8 Å². The van der Waals surface area contributed by atoms with Gasteiger partial charge >= 0.3 is 0 Å². The van der Waals surface area contributed by atoms with E-state index in [1.807, 2.05) is 6.07 Å². The lowest BCUT2D eigenvalue weighted by molar-refractivity contribution is 0.0940. The number of nitrogens with zero attached hydrogens (tertiary/aromatic N) is 3. The van der Waals surface area contributed by atoms with Gasteiger partial charge in [-0.1, -0.05) is 30.3 Å². The second-order valence-corrected chi connectivity index (χ2v) is 5.41. The zero-order valence-electron chi connectivity index (χ0n) is 13.2. The summed E-state index contributed by atoms with van der Waals surface area (Å²) in [5.41, 5.74) is 0.175. The van der Waals surface area contributed by atoms with E-state index in [0.717, 1.165) is 4.68 Å². The summed E-state index contributed by atoms with van der Waals surface area (Å²) in [6.45, 7) is 0. The maximum absolute atomic E-state index is 13.0. The Morgan fingerprint density at radius 3 is 2.48 bits per heavy atom. The highest BCUT2D eigenvalue weighted by Gasteiger charge is 2.20. The highest BCUT2D eigenvalue weighted by Crippen LogP contribution is 2.16. The highest BCUT2D eigenvalue weighted by molar-refractivity contribution is 6.05. The van der Waals surface area contributed by atoms with Crippen LogP contribution in [0.4, 0.5) is 4.39 Å². The van der Waals surface area contributed by atoms with Gasteiger partial charge in [0.1, 0.15) is 11.9 Å². The van der Waals surface area contributed by atoms with Gasteiger partial charge < -0.3 is 5.32 Å². The van der Waals surface area contributed by atoms with Crippen molar-refractivity contribution >= 4 is 16.7 Å². The topological polar surface area (TPSA) is 87.8 Å². The first-order valence-electron chi connectivity index (χ1n) is 7.43. The lowest BCUT2D eigenvalue weighted by atomic mass is 10.1. The van der Waals surface area contributed by atoms with Crippen LogP contribution in [0.2, 0.25) is 0 Å². The van der Waals surface area contributed by atoms with E-state index in [2.05, 4.69) is 10.4 Å². The number of halogens is 1. The smallest absolute Gasteiger partial charge is 0.274 e. The van der Waals surface area contributed by atoms with Crippen LogP contribution in [0.15, 0.2) is 53.3 Å². The van der Waals surface area contributed by atoms with Crippen LogP contribution in [-0.2, 0) is 7.05 Å². The van der Waals surface area contributed by atoms with Crippen LogP contribution in [0.5, 0.6) is 0 Å². The van der Waals surface area contributed by atoms with E-state index in [1.54, 1.807) is 24.3 Å². The molecule has 7 heteroatoms. The van der Waals surface area contributed by atoms with Gasteiger partial charge in [0.15, 0.2) is 5.69 Å². The summed E-state index contributed by atoms with van der Waals surface area (Å²) in [5.74, 6) is -1.03. The van der Waals surface area contributed by atoms with Gasteiger partial charge in [-0.15, -0.1) is 0 Å². The fraction of sp³-hybridized carbons (Fsp3) is 0.111. The second kappa shape index (κ2) is 6.53. The van der Waals surface area contributed by atoms with Crippen molar-refractivity contribution in [1.82, 2.24) is 15.1 Å². The van der Waals surface area contributed by atoms with E-state index in [9.17, 15) is 19.2 Å². The van der Waals surface area contributed by atoms with Gasteiger partial charge in [0, 0.05) is 12.4 Å². The average molecular weight is 336 g/mol. The number of hydrogen-bond acceptors (Lipinski definition) is 4. The van der Waals surface area contributed by atoms with Gasteiger partial charge in [0.2, 0.25) is 0 Å². The summed E-state index contributed by atoms with van der Waals surface area (Å²) in [4.78, 5) is 24.7. The molecule has 1 heterocycles. The third-order valence-corrected chi connectivity index (χ3v) is 3.78. The third kappa shape index (κ3) is 3.10. The van der Waals surface area contributed by atoms with Crippen molar-refractivity contribution in [1.29, 1.82) is 5.26 Å². The van der Waals surface area contributed by atoms with Crippen LogP contribution < -0.4 is 10.9 Å². The molecule has 1 amide bonds. The maximum Gasteiger partial charge on any atom is 0.274 e. The summed E-state index contributed by atoms with van der Waals surface area (Å²) in [7, 11) is 1.45. The minimum Gasteiger partial charge on any atom is -0.331 e. The minimum absolute atomic E-state index is 0.0417. The van der Waals surface area contributed by atoms with Crippen LogP contribution in [-0.4, -0.2) is 15.7 Å². The number of amides is 1. The number of rotatable bonds is 3. The first-order chi connectivity index (χ1) is 12.0. The summed E-state index contributed by atoms with van der Waals surface area (Å²) in [6, 6.07) is 12.9. The predicted octanol–water partition coefficient (Wildman–Crippen LogP) is 2.07. The Hall–Kier alpha value is -3.53. The van der Waals surface area contributed by atoms with Crippen molar-refractivity contribution in [2.24, 2.45) is 7.05 Å². The van der Waals surface area contributed by atoms with Crippen molar-refractivity contribution < 1.29 is 9.18 Å². The van der Waals surface area contributed by atoms with Gasteiger partial charge in [-0.3, -0.25) is 9.59 Å². The van der Waals surface area contributed by atoms with E-state index < -0.39 is 17.8 Å². The maximum atomic E-state index is 13.0. The Kier molecular flexibility index (Phi) is 4.27. The normalized spacial score (nSPS) is 11.7. The molecule has 124 valence electrons. The molecular formula is C18H13FN4O2. The molecule has 0 unspecified atom stereocenters. The molecule has 1 atom stereocenters. The van der Waals surface area contributed by atoms with Crippen LogP contribution in [0, 0.1) is 17.1 Å². The Morgan fingerprint density at radius 1 is 1.20 bits per heavy atom. The van der Waals surface area contributed by atoms with Gasteiger partial charge in [0.25, 0.3) is 11.5 Å². The Morgan fingerprint density at radius 2 is 1.84 bits per heavy atom. The number of aromatic nitrogens is 2. The third-order valence-electron chi connectivity index (χ3n) is 3.78. The minimum atomic E-state index is -0.967. The standard InChI is InChI=1S/C18H13FN4O2/c1-23-18(25)14-5-3-2-4-13(14)16(22-23)17(24)21-15(10-20)11-6-8-12(19)9-7-11/h2-9,15H,1H3,(H,21,24)/t15-/m0/s1. The van der Waals surface area contributed by atoms with Gasteiger partial charge in [-0.05, 0) is 23.8 Å². The quantitative estimate of drug-likeness (QED) is 0.793. The van der Waals surface area contributed by atoms with E-state index in [1.165, 1.54) is 31.3 Å². The SMILES string of the molecule is Cn1nc(C(=O)N[C@@H](C#N)c2ccc(F)cc2)c2ccccc2c1=O. The summed E-state index contributed by atoms with van der Waals surface area (Å²) in [6.07, 6.45) is 0. The predicted molar refractivity (Wildman–Crippen MR) is 89.2 cm³/mol. The second-order valence-electron chi connectivity index (χ2n) is 5.41. The molecule has 3 aromatic rings. The Labute approximate surface area is 142 Å². The monoisotopic (exact) mass is 336 g/mol. The highest BCUT2D eigenvalue weighted by atomic mass is 19.1. The molecule has 25 heavy (non-hydrogen) atoms. The number of fused-ring (bicyclic) bond motifs is 1. The number of carbonyl (C=O) groups is 1. The van der Waals surface area contributed by atoms with Crippen LogP contribution >= 0.6 is 0 Å². The molecule has 0 bridgehead atoms. The molecule has 0 aliphatic carbocycles. The van der Waals surface area contributed by atoms with Crippen LogP contribution in [0.3, 0.4) is 0 Å². The molecule has 0 aliphatic rings. The van der Waals surface area contributed by atoms with Gasteiger partial charge in [-0.25, -0.2) is 9.07 Å². The van der Waals surface area contributed by atoms with Crippen molar-refractivity contribution in [2.75, 3.05) is 0 Å². The largest absolute Gasteiger partial charge is 0.331 e. The van der Waals surface area contributed by atoms with Crippen molar-refractivity contribution in [3.05, 3.63) is 76.0 Å².